The Balaban J connectivity index is 1.42. The third-order valence-corrected chi connectivity index (χ3v) is 5.45. The lowest BCUT2D eigenvalue weighted by atomic mass is 10.1. The van der Waals surface area contributed by atoms with Gasteiger partial charge in [0.05, 0.1) is 6.61 Å². The maximum Gasteiger partial charge on any atom is 0.246 e. The van der Waals surface area contributed by atoms with Gasteiger partial charge in [0.1, 0.15) is 17.6 Å². The number of benzene rings is 2. The molecule has 152 valence electrons. The number of piperazine rings is 1. The Kier molecular flexibility index (Phi) is 5.74. The zero-order valence-corrected chi connectivity index (χ0v) is 17.1. The topological polar surface area (TPSA) is 42.0 Å². The number of anilines is 1. The molecule has 2 aromatic carbocycles. The van der Waals surface area contributed by atoms with E-state index in [2.05, 4.69) is 24.0 Å². The van der Waals surface area contributed by atoms with E-state index in [9.17, 15) is 4.79 Å². The van der Waals surface area contributed by atoms with Crippen LogP contribution in [-0.4, -0.2) is 49.7 Å². The van der Waals surface area contributed by atoms with E-state index in [0.29, 0.717) is 6.61 Å². The van der Waals surface area contributed by atoms with Gasteiger partial charge in [-0.1, -0.05) is 18.2 Å². The van der Waals surface area contributed by atoms with Gasteiger partial charge in [0, 0.05) is 55.5 Å². The summed E-state index contributed by atoms with van der Waals surface area (Å²) in [5, 5.41) is 0. The van der Waals surface area contributed by atoms with Crippen molar-refractivity contribution in [1.29, 1.82) is 0 Å². The van der Waals surface area contributed by atoms with E-state index in [1.54, 1.807) is 6.08 Å². The van der Waals surface area contributed by atoms with Crippen LogP contribution in [0, 0.1) is 0 Å². The first-order chi connectivity index (χ1) is 14.1. The van der Waals surface area contributed by atoms with Crippen molar-refractivity contribution in [2.75, 3.05) is 37.7 Å². The molecule has 29 heavy (non-hydrogen) atoms. The van der Waals surface area contributed by atoms with E-state index in [0.717, 1.165) is 49.7 Å². The van der Waals surface area contributed by atoms with Gasteiger partial charge in [0.15, 0.2) is 0 Å². The van der Waals surface area contributed by atoms with Gasteiger partial charge in [-0.3, -0.25) is 4.79 Å². The van der Waals surface area contributed by atoms with E-state index in [1.807, 2.05) is 48.2 Å². The average molecular weight is 392 g/mol. The van der Waals surface area contributed by atoms with Crippen molar-refractivity contribution in [3.63, 3.8) is 0 Å². The standard InChI is InChI=1S/C24H28N2O3/c1-3-28-22-17-20-15-18(2)29-23(20)16-19(22)9-10-24(27)26-13-11-25(12-14-26)21-7-5-4-6-8-21/h4-10,16-18H,3,11-15H2,1-2H3/b10-9+. The highest BCUT2D eigenvalue weighted by Crippen LogP contribution is 2.35. The first-order valence-corrected chi connectivity index (χ1v) is 10.4. The molecule has 1 saturated heterocycles. The van der Waals surface area contributed by atoms with Gasteiger partial charge < -0.3 is 19.3 Å². The molecular formula is C24H28N2O3. The average Bonchev–Trinajstić information content (AvgIpc) is 3.11. The summed E-state index contributed by atoms with van der Waals surface area (Å²) in [6.07, 6.45) is 4.58. The fourth-order valence-electron chi connectivity index (χ4n) is 3.96. The Morgan fingerprint density at radius 3 is 2.66 bits per heavy atom. The Labute approximate surface area is 172 Å². The number of carbonyl (C=O) groups is 1. The van der Waals surface area contributed by atoms with Crippen LogP contribution in [0.4, 0.5) is 5.69 Å². The maximum atomic E-state index is 12.7. The fourth-order valence-corrected chi connectivity index (χ4v) is 3.96. The van der Waals surface area contributed by atoms with Crippen molar-refractivity contribution in [2.24, 2.45) is 0 Å². The van der Waals surface area contributed by atoms with Gasteiger partial charge in [-0.15, -0.1) is 0 Å². The normalized spacial score (nSPS) is 18.6. The summed E-state index contributed by atoms with van der Waals surface area (Å²) in [7, 11) is 0. The number of amides is 1. The SMILES string of the molecule is CCOc1cc2c(cc1/C=C/C(=O)N1CCN(c3ccccc3)CC1)OC(C)C2. The minimum Gasteiger partial charge on any atom is -0.493 e. The molecule has 0 N–H and O–H groups in total. The third-order valence-electron chi connectivity index (χ3n) is 5.45. The molecule has 2 aromatic rings. The summed E-state index contributed by atoms with van der Waals surface area (Å²) in [5.41, 5.74) is 3.27. The number of nitrogens with zero attached hydrogens (tertiary/aromatic N) is 2. The van der Waals surface area contributed by atoms with Crippen LogP contribution >= 0.6 is 0 Å². The van der Waals surface area contributed by atoms with Crippen molar-refractivity contribution in [1.82, 2.24) is 4.90 Å². The minimum atomic E-state index is 0.0370. The highest BCUT2D eigenvalue weighted by Gasteiger charge is 2.22. The Hall–Kier alpha value is -2.95. The maximum absolute atomic E-state index is 12.7. The highest BCUT2D eigenvalue weighted by atomic mass is 16.5. The number of rotatable bonds is 5. The number of hydrogen-bond acceptors (Lipinski definition) is 4. The van der Waals surface area contributed by atoms with E-state index < -0.39 is 0 Å². The van der Waals surface area contributed by atoms with Crippen molar-refractivity contribution >= 4 is 17.7 Å². The Bertz CT molecular complexity index is 886. The van der Waals surface area contributed by atoms with Crippen molar-refractivity contribution in [3.8, 4) is 11.5 Å². The molecule has 2 aliphatic rings. The molecule has 1 fully saturated rings. The van der Waals surface area contributed by atoms with Gasteiger partial charge in [-0.05, 0) is 44.2 Å². The largest absolute Gasteiger partial charge is 0.493 e. The minimum absolute atomic E-state index is 0.0370. The number of carbonyl (C=O) groups excluding carboxylic acids is 1. The van der Waals surface area contributed by atoms with Crippen LogP contribution < -0.4 is 14.4 Å². The van der Waals surface area contributed by atoms with E-state index in [-0.39, 0.29) is 12.0 Å². The van der Waals surface area contributed by atoms with Gasteiger partial charge in [-0.2, -0.15) is 0 Å². The van der Waals surface area contributed by atoms with Gasteiger partial charge in [0.25, 0.3) is 0 Å². The molecule has 5 heteroatoms. The smallest absolute Gasteiger partial charge is 0.246 e. The zero-order valence-electron chi connectivity index (χ0n) is 17.1. The van der Waals surface area contributed by atoms with Crippen LogP contribution in [0.1, 0.15) is 25.0 Å². The van der Waals surface area contributed by atoms with Gasteiger partial charge >= 0.3 is 0 Å². The zero-order chi connectivity index (χ0) is 20.2. The number of fused-ring (bicyclic) bond motifs is 1. The van der Waals surface area contributed by atoms with Crippen LogP contribution in [0.2, 0.25) is 0 Å². The Morgan fingerprint density at radius 1 is 1.17 bits per heavy atom. The summed E-state index contributed by atoms with van der Waals surface area (Å²) in [5.74, 6) is 1.74. The van der Waals surface area contributed by atoms with Crippen LogP contribution in [0.25, 0.3) is 6.08 Å². The molecule has 0 radical (unpaired) electrons. The molecule has 0 spiro atoms. The molecule has 0 aromatic heterocycles. The molecule has 5 nitrogen and oxygen atoms in total. The molecule has 4 rings (SSSR count). The van der Waals surface area contributed by atoms with E-state index >= 15 is 0 Å². The van der Waals surface area contributed by atoms with Gasteiger partial charge in [-0.25, -0.2) is 0 Å². The summed E-state index contributed by atoms with van der Waals surface area (Å²) in [6.45, 7) is 7.76. The van der Waals surface area contributed by atoms with Crippen LogP contribution in [0.3, 0.4) is 0 Å². The molecule has 0 saturated carbocycles. The molecular weight excluding hydrogens is 364 g/mol. The summed E-state index contributed by atoms with van der Waals surface area (Å²) in [4.78, 5) is 16.9. The molecule has 2 aliphatic heterocycles. The van der Waals surface area contributed by atoms with Crippen LogP contribution in [0.5, 0.6) is 11.5 Å². The molecule has 1 unspecified atom stereocenters. The molecule has 1 amide bonds. The molecule has 2 heterocycles. The quantitative estimate of drug-likeness (QED) is 0.727. The number of para-hydroxylation sites is 1. The van der Waals surface area contributed by atoms with Crippen molar-refractivity contribution in [2.45, 2.75) is 26.4 Å². The first-order valence-electron chi connectivity index (χ1n) is 10.4. The first kappa shape index (κ1) is 19.4. The van der Waals surface area contributed by atoms with E-state index in [1.165, 1.54) is 11.3 Å². The lowest BCUT2D eigenvalue weighted by molar-refractivity contribution is -0.126. The number of ether oxygens (including phenoxy) is 2. The van der Waals surface area contributed by atoms with Crippen LogP contribution in [0.15, 0.2) is 48.5 Å². The number of hydrogen-bond donors (Lipinski definition) is 0. The Morgan fingerprint density at radius 2 is 1.93 bits per heavy atom. The lowest BCUT2D eigenvalue weighted by Crippen LogP contribution is -2.48. The highest BCUT2D eigenvalue weighted by molar-refractivity contribution is 5.92. The monoisotopic (exact) mass is 392 g/mol. The summed E-state index contributed by atoms with van der Waals surface area (Å²) >= 11 is 0. The lowest BCUT2D eigenvalue weighted by Gasteiger charge is -2.35. The predicted octanol–water partition coefficient (Wildman–Crippen LogP) is 3.77. The van der Waals surface area contributed by atoms with Crippen molar-refractivity contribution in [3.05, 3.63) is 59.7 Å². The third kappa shape index (κ3) is 4.39. The fraction of sp³-hybridized carbons (Fsp3) is 0.375. The van der Waals surface area contributed by atoms with Gasteiger partial charge in [0.2, 0.25) is 5.91 Å². The molecule has 0 aliphatic carbocycles. The molecule has 1 atom stereocenters. The summed E-state index contributed by atoms with van der Waals surface area (Å²) in [6, 6.07) is 14.4. The second-order valence-electron chi connectivity index (χ2n) is 7.54. The summed E-state index contributed by atoms with van der Waals surface area (Å²) < 4.78 is 11.7. The predicted molar refractivity (Wildman–Crippen MR) is 116 cm³/mol. The second-order valence-corrected chi connectivity index (χ2v) is 7.54. The van der Waals surface area contributed by atoms with Crippen molar-refractivity contribution < 1.29 is 14.3 Å². The van der Waals surface area contributed by atoms with Crippen LogP contribution in [-0.2, 0) is 11.2 Å². The van der Waals surface area contributed by atoms with E-state index in [4.69, 9.17) is 9.47 Å². The second kappa shape index (κ2) is 8.60. The molecule has 0 bridgehead atoms.